The first-order valence-electron chi connectivity index (χ1n) is 4.98. The van der Waals surface area contributed by atoms with E-state index in [1.165, 1.54) is 6.42 Å². The van der Waals surface area contributed by atoms with Gasteiger partial charge in [0.05, 0.1) is 24.0 Å². The maximum atomic E-state index is 5.48. The molecule has 2 rings (SSSR count). The smallest absolute Gasteiger partial charge is 0.0962 e. The van der Waals surface area contributed by atoms with E-state index in [0.29, 0.717) is 12.6 Å². The monoisotopic (exact) mass is 196 g/mol. The molecule has 1 fully saturated rings. The molecule has 1 aromatic heterocycles. The minimum Gasteiger partial charge on any atom is -0.379 e. The Balaban J connectivity index is 2.13. The second-order valence-corrected chi connectivity index (χ2v) is 3.67. The number of nitrogens with zero attached hydrogens (tertiary/aromatic N) is 3. The summed E-state index contributed by atoms with van der Waals surface area (Å²) in [4.78, 5) is 0. The Kier molecular flexibility index (Phi) is 2.79. The Hall–Kier alpha value is -0.940. The molecular formula is C9H16N4O. The average Bonchev–Trinajstić information content (AvgIpc) is 2.85. The molecule has 0 saturated heterocycles. The summed E-state index contributed by atoms with van der Waals surface area (Å²) >= 11 is 0. The average molecular weight is 196 g/mol. The van der Waals surface area contributed by atoms with E-state index in [4.69, 9.17) is 10.5 Å². The fourth-order valence-corrected chi connectivity index (χ4v) is 2.05. The first-order valence-corrected chi connectivity index (χ1v) is 4.98. The van der Waals surface area contributed by atoms with Gasteiger partial charge in [-0.1, -0.05) is 5.21 Å². The third-order valence-electron chi connectivity index (χ3n) is 2.83. The largest absolute Gasteiger partial charge is 0.379 e. The van der Waals surface area contributed by atoms with Crippen LogP contribution in [-0.4, -0.2) is 28.2 Å². The Morgan fingerprint density at radius 1 is 1.64 bits per heavy atom. The summed E-state index contributed by atoms with van der Waals surface area (Å²) in [5, 5.41) is 8.05. The molecule has 0 aliphatic heterocycles. The summed E-state index contributed by atoms with van der Waals surface area (Å²) in [5.41, 5.74) is 6.32. The number of methoxy groups -OCH3 is 1. The summed E-state index contributed by atoms with van der Waals surface area (Å²) < 4.78 is 7.29. The predicted molar refractivity (Wildman–Crippen MR) is 51.6 cm³/mol. The van der Waals surface area contributed by atoms with Gasteiger partial charge in [0, 0.05) is 13.7 Å². The fourth-order valence-electron chi connectivity index (χ4n) is 2.05. The molecule has 2 N–H and O–H groups in total. The molecule has 2 unspecified atom stereocenters. The van der Waals surface area contributed by atoms with Gasteiger partial charge in [-0.2, -0.15) is 0 Å². The van der Waals surface area contributed by atoms with Crippen molar-refractivity contribution in [2.75, 3.05) is 7.11 Å². The van der Waals surface area contributed by atoms with Gasteiger partial charge in [-0.15, -0.1) is 5.10 Å². The summed E-state index contributed by atoms with van der Waals surface area (Å²) in [5.74, 6) is 0. The van der Waals surface area contributed by atoms with Gasteiger partial charge in [0.15, 0.2) is 0 Å². The van der Waals surface area contributed by atoms with Crippen LogP contribution < -0.4 is 5.73 Å². The van der Waals surface area contributed by atoms with Crippen molar-refractivity contribution in [1.29, 1.82) is 0 Å². The molecule has 1 aliphatic carbocycles. The number of aromatic nitrogens is 3. The zero-order valence-corrected chi connectivity index (χ0v) is 8.39. The second kappa shape index (κ2) is 4.06. The highest BCUT2D eigenvalue weighted by Gasteiger charge is 2.29. The molecule has 1 saturated carbocycles. The maximum Gasteiger partial charge on any atom is 0.0962 e. The molecule has 5 heteroatoms. The summed E-state index contributed by atoms with van der Waals surface area (Å²) in [6, 6.07) is 0.341. The van der Waals surface area contributed by atoms with Gasteiger partial charge in [0.25, 0.3) is 0 Å². The first kappa shape index (κ1) is 9.61. The topological polar surface area (TPSA) is 66.0 Å². The van der Waals surface area contributed by atoms with Crippen LogP contribution in [-0.2, 0) is 11.3 Å². The lowest BCUT2D eigenvalue weighted by atomic mass is 10.2. The van der Waals surface area contributed by atoms with Crippen molar-refractivity contribution >= 4 is 0 Å². The Labute approximate surface area is 83.2 Å². The van der Waals surface area contributed by atoms with Crippen molar-refractivity contribution in [3.05, 3.63) is 11.9 Å². The standard InChI is InChI=1S/C9H16N4O/c1-14-9-4-2-3-8(9)13-6-7(5-10)11-12-13/h6,8-9H,2-5,10H2,1H3. The molecule has 5 nitrogen and oxygen atoms in total. The first-order chi connectivity index (χ1) is 6.85. The van der Waals surface area contributed by atoms with Gasteiger partial charge in [-0.3, -0.25) is 0 Å². The van der Waals surface area contributed by atoms with E-state index in [1.807, 2.05) is 10.9 Å². The van der Waals surface area contributed by atoms with Gasteiger partial charge < -0.3 is 10.5 Å². The molecular weight excluding hydrogens is 180 g/mol. The van der Waals surface area contributed by atoms with E-state index in [9.17, 15) is 0 Å². The number of ether oxygens (including phenoxy) is 1. The lowest BCUT2D eigenvalue weighted by molar-refractivity contribution is 0.0702. The maximum absolute atomic E-state index is 5.48. The van der Waals surface area contributed by atoms with Crippen molar-refractivity contribution in [2.24, 2.45) is 5.73 Å². The van der Waals surface area contributed by atoms with Crippen molar-refractivity contribution in [2.45, 2.75) is 38.0 Å². The number of hydrogen-bond donors (Lipinski definition) is 1. The summed E-state index contributed by atoms with van der Waals surface area (Å²) in [6.07, 6.45) is 5.62. The van der Waals surface area contributed by atoms with E-state index in [-0.39, 0.29) is 6.10 Å². The minimum atomic E-state index is 0.280. The SMILES string of the molecule is COC1CCCC1n1cc(CN)nn1. The number of nitrogens with two attached hydrogens (primary N) is 1. The van der Waals surface area contributed by atoms with Crippen molar-refractivity contribution in [3.63, 3.8) is 0 Å². The van der Waals surface area contributed by atoms with Crippen LogP contribution in [0.2, 0.25) is 0 Å². The summed E-state index contributed by atoms with van der Waals surface area (Å²) in [7, 11) is 1.75. The molecule has 78 valence electrons. The van der Waals surface area contributed by atoms with Gasteiger partial charge in [-0.05, 0) is 19.3 Å². The highest BCUT2D eigenvalue weighted by atomic mass is 16.5. The molecule has 2 atom stereocenters. The molecule has 0 bridgehead atoms. The van der Waals surface area contributed by atoms with E-state index in [1.54, 1.807) is 7.11 Å². The Morgan fingerprint density at radius 3 is 3.14 bits per heavy atom. The third-order valence-corrected chi connectivity index (χ3v) is 2.83. The zero-order valence-electron chi connectivity index (χ0n) is 8.39. The van der Waals surface area contributed by atoms with E-state index < -0.39 is 0 Å². The molecule has 1 aromatic rings. The predicted octanol–water partition coefficient (Wildman–Crippen LogP) is 0.477. The van der Waals surface area contributed by atoms with E-state index in [2.05, 4.69) is 10.3 Å². The van der Waals surface area contributed by atoms with E-state index in [0.717, 1.165) is 18.5 Å². The number of rotatable bonds is 3. The highest BCUT2D eigenvalue weighted by molar-refractivity contribution is 4.94. The fraction of sp³-hybridized carbons (Fsp3) is 0.778. The minimum absolute atomic E-state index is 0.280. The molecule has 0 radical (unpaired) electrons. The van der Waals surface area contributed by atoms with Crippen LogP contribution in [0.5, 0.6) is 0 Å². The molecule has 14 heavy (non-hydrogen) atoms. The zero-order chi connectivity index (χ0) is 9.97. The van der Waals surface area contributed by atoms with Crippen molar-refractivity contribution in [3.8, 4) is 0 Å². The molecule has 0 spiro atoms. The van der Waals surface area contributed by atoms with Crippen LogP contribution in [0, 0.1) is 0 Å². The van der Waals surface area contributed by atoms with Gasteiger partial charge in [0.1, 0.15) is 0 Å². The van der Waals surface area contributed by atoms with Gasteiger partial charge in [0.2, 0.25) is 0 Å². The van der Waals surface area contributed by atoms with Crippen LogP contribution in [0.1, 0.15) is 31.0 Å². The lowest BCUT2D eigenvalue weighted by Crippen LogP contribution is -2.21. The van der Waals surface area contributed by atoms with Crippen LogP contribution in [0.3, 0.4) is 0 Å². The van der Waals surface area contributed by atoms with Crippen LogP contribution >= 0.6 is 0 Å². The van der Waals surface area contributed by atoms with Crippen molar-refractivity contribution in [1.82, 2.24) is 15.0 Å². The second-order valence-electron chi connectivity index (χ2n) is 3.67. The molecule has 0 amide bonds. The van der Waals surface area contributed by atoms with Crippen LogP contribution in [0.25, 0.3) is 0 Å². The molecule has 0 aromatic carbocycles. The van der Waals surface area contributed by atoms with E-state index >= 15 is 0 Å². The highest BCUT2D eigenvalue weighted by Crippen LogP contribution is 2.31. The van der Waals surface area contributed by atoms with Gasteiger partial charge in [-0.25, -0.2) is 4.68 Å². The van der Waals surface area contributed by atoms with Crippen molar-refractivity contribution < 1.29 is 4.74 Å². The summed E-state index contributed by atoms with van der Waals surface area (Å²) in [6.45, 7) is 0.449. The normalized spacial score (nSPS) is 27.0. The lowest BCUT2D eigenvalue weighted by Gasteiger charge is -2.17. The molecule has 1 heterocycles. The van der Waals surface area contributed by atoms with Crippen LogP contribution in [0.15, 0.2) is 6.20 Å². The molecule has 1 aliphatic rings. The quantitative estimate of drug-likeness (QED) is 0.763. The Morgan fingerprint density at radius 2 is 2.50 bits per heavy atom. The van der Waals surface area contributed by atoms with Crippen LogP contribution in [0.4, 0.5) is 0 Å². The Bertz CT molecular complexity index is 299. The third kappa shape index (κ3) is 1.65. The van der Waals surface area contributed by atoms with Gasteiger partial charge >= 0.3 is 0 Å². The number of hydrogen-bond acceptors (Lipinski definition) is 4.